The monoisotopic (exact) mass is 262 g/mol. The van der Waals surface area contributed by atoms with Crippen LogP contribution >= 0.6 is 0 Å². The minimum Gasteiger partial charge on any atom is -0.382 e. The number of morpholine rings is 1. The predicted molar refractivity (Wildman–Crippen MR) is 73.1 cm³/mol. The van der Waals surface area contributed by atoms with Gasteiger partial charge in [-0.1, -0.05) is 0 Å². The second-order valence-electron chi connectivity index (χ2n) is 4.55. The number of rotatable bonds is 4. The molecule has 7 nitrogen and oxygen atoms in total. The van der Waals surface area contributed by atoms with Crippen LogP contribution in [0.5, 0.6) is 0 Å². The average molecular weight is 262 g/mol. The van der Waals surface area contributed by atoms with Gasteiger partial charge in [-0.05, 0) is 0 Å². The van der Waals surface area contributed by atoms with Crippen molar-refractivity contribution >= 4 is 17.3 Å². The summed E-state index contributed by atoms with van der Waals surface area (Å²) in [6, 6.07) is 0. The quantitative estimate of drug-likeness (QED) is 0.810. The first-order valence-electron chi connectivity index (χ1n) is 6.46. The lowest BCUT2D eigenvalue weighted by Crippen LogP contribution is -2.39. The van der Waals surface area contributed by atoms with E-state index < -0.39 is 0 Å². The molecule has 0 aromatic carbocycles. The zero-order valence-electron chi connectivity index (χ0n) is 10.7. The topological polar surface area (TPSA) is 80.7 Å². The number of aromatic nitrogens is 3. The van der Waals surface area contributed by atoms with E-state index in [1.807, 2.05) is 10.6 Å². The van der Waals surface area contributed by atoms with Crippen LogP contribution in [0, 0.1) is 0 Å². The molecule has 1 fully saturated rings. The molecule has 102 valence electrons. The summed E-state index contributed by atoms with van der Waals surface area (Å²) in [5.41, 5.74) is 6.57. The molecule has 2 aromatic rings. The van der Waals surface area contributed by atoms with E-state index in [9.17, 15) is 0 Å². The molecule has 0 unspecified atom stereocenters. The fourth-order valence-electron chi connectivity index (χ4n) is 2.23. The lowest BCUT2D eigenvalue weighted by atomic mass is 10.4. The normalized spacial score (nSPS) is 16.8. The molecule has 7 heteroatoms. The van der Waals surface area contributed by atoms with Crippen LogP contribution in [0.15, 0.2) is 18.6 Å². The van der Waals surface area contributed by atoms with Crippen LogP contribution in [0.2, 0.25) is 0 Å². The molecule has 0 bridgehead atoms. The molecule has 0 aliphatic carbocycles. The minimum atomic E-state index is 0.486. The molecule has 1 aliphatic rings. The first kappa shape index (κ1) is 12.2. The van der Waals surface area contributed by atoms with Crippen LogP contribution in [-0.4, -0.2) is 58.7 Å². The molecule has 3 rings (SSSR count). The fraction of sp³-hybridized carbons (Fsp3) is 0.500. The van der Waals surface area contributed by atoms with Gasteiger partial charge in [-0.15, -0.1) is 0 Å². The van der Waals surface area contributed by atoms with Crippen molar-refractivity contribution in [2.45, 2.75) is 0 Å². The van der Waals surface area contributed by atoms with Crippen molar-refractivity contribution in [1.82, 2.24) is 19.3 Å². The van der Waals surface area contributed by atoms with Crippen LogP contribution in [0.3, 0.4) is 0 Å². The first-order chi connectivity index (χ1) is 9.33. The molecule has 3 heterocycles. The Morgan fingerprint density at radius 2 is 2.21 bits per heavy atom. The molecule has 1 saturated heterocycles. The van der Waals surface area contributed by atoms with Crippen molar-refractivity contribution in [2.24, 2.45) is 0 Å². The molecule has 19 heavy (non-hydrogen) atoms. The van der Waals surface area contributed by atoms with E-state index in [-0.39, 0.29) is 0 Å². The van der Waals surface area contributed by atoms with Crippen LogP contribution in [0.1, 0.15) is 0 Å². The largest absolute Gasteiger partial charge is 0.382 e. The van der Waals surface area contributed by atoms with Crippen molar-refractivity contribution in [3.05, 3.63) is 18.6 Å². The lowest BCUT2D eigenvalue weighted by Gasteiger charge is -2.26. The van der Waals surface area contributed by atoms with Crippen molar-refractivity contribution in [1.29, 1.82) is 0 Å². The Hall–Kier alpha value is -1.86. The number of anilines is 2. The maximum absolute atomic E-state index is 5.77. The molecule has 0 amide bonds. The van der Waals surface area contributed by atoms with E-state index >= 15 is 0 Å². The second-order valence-corrected chi connectivity index (χ2v) is 4.55. The number of hydrogen-bond acceptors (Lipinski definition) is 6. The van der Waals surface area contributed by atoms with Gasteiger partial charge in [0.25, 0.3) is 0 Å². The molecule has 0 radical (unpaired) electrons. The molecule has 0 spiro atoms. The Morgan fingerprint density at radius 1 is 1.37 bits per heavy atom. The number of ether oxygens (including phenoxy) is 1. The number of hydrogen-bond donors (Lipinski definition) is 2. The number of nitrogens with one attached hydrogen (secondary N) is 1. The SMILES string of the molecule is Nc1cn2ccnc2c(NCCN2CCOCC2)n1. The summed E-state index contributed by atoms with van der Waals surface area (Å²) in [7, 11) is 0. The van der Waals surface area contributed by atoms with Gasteiger partial charge in [-0.25, -0.2) is 9.97 Å². The summed E-state index contributed by atoms with van der Waals surface area (Å²) in [5.74, 6) is 1.22. The van der Waals surface area contributed by atoms with E-state index in [1.165, 1.54) is 0 Å². The van der Waals surface area contributed by atoms with Crippen molar-refractivity contribution in [3.63, 3.8) is 0 Å². The number of nitrogens with two attached hydrogens (primary N) is 1. The highest BCUT2D eigenvalue weighted by atomic mass is 16.5. The molecule has 1 aliphatic heterocycles. The predicted octanol–water partition coefficient (Wildman–Crippen LogP) is 0.0556. The first-order valence-corrected chi connectivity index (χ1v) is 6.46. The van der Waals surface area contributed by atoms with Gasteiger partial charge in [0.15, 0.2) is 11.5 Å². The van der Waals surface area contributed by atoms with E-state index in [4.69, 9.17) is 10.5 Å². The van der Waals surface area contributed by atoms with Crippen LogP contribution in [0.4, 0.5) is 11.6 Å². The zero-order chi connectivity index (χ0) is 13.1. The molecule has 0 atom stereocenters. The summed E-state index contributed by atoms with van der Waals surface area (Å²) >= 11 is 0. The zero-order valence-corrected chi connectivity index (χ0v) is 10.7. The molecule has 2 aromatic heterocycles. The van der Waals surface area contributed by atoms with E-state index in [1.54, 1.807) is 12.4 Å². The van der Waals surface area contributed by atoms with Gasteiger partial charge in [0, 0.05) is 38.6 Å². The fourth-order valence-corrected chi connectivity index (χ4v) is 2.23. The standard InChI is InChI=1S/C12H18N6O/c13-10-9-18-4-2-15-12(18)11(16-10)14-1-3-17-5-7-19-8-6-17/h2,4,9H,1,3,5-8,13H2,(H,14,16). The van der Waals surface area contributed by atoms with Gasteiger partial charge in [0.2, 0.25) is 0 Å². The highest BCUT2D eigenvalue weighted by Crippen LogP contribution is 2.14. The maximum atomic E-state index is 5.77. The third-order valence-electron chi connectivity index (χ3n) is 3.22. The van der Waals surface area contributed by atoms with Crippen LogP contribution in [-0.2, 0) is 4.74 Å². The summed E-state index contributed by atoms with van der Waals surface area (Å²) in [4.78, 5) is 10.9. The van der Waals surface area contributed by atoms with E-state index in [0.717, 1.165) is 50.9 Å². The minimum absolute atomic E-state index is 0.486. The maximum Gasteiger partial charge on any atom is 0.180 e. The Labute approximate surface area is 111 Å². The number of fused-ring (bicyclic) bond motifs is 1. The molecule has 3 N–H and O–H groups in total. The molecular formula is C12H18N6O. The Morgan fingerprint density at radius 3 is 3.05 bits per heavy atom. The van der Waals surface area contributed by atoms with Gasteiger partial charge >= 0.3 is 0 Å². The van der Waals surface area contributed by atoms with Crippen molar-refractivity contribution < 1.29 is 4.74 Å². The number of nitrogens with zero attached hydrogens (tertiary/aromatic N) is 4. The van der Waals surface area contributed by atoms with Crippen LogP contribution in [0.25, 0.3) is 5.65 Å². The number of nitrogen functional groups attached to an aromatic ring is 1. The van der Waals surface area contributed by atoms with Gasteiger partial charge in [0.05, 0.1) is 19.4 Å². The summed E-state index contributed by atoms with van der Waals surface area (Å²) in [6.45, 7) is 5.41. The van der Waals surface area contributed by atoms with E-state index in [0.29, 0.717) is 5.82 Å². The number of imidazole rings is 1. The van der Waals surface area contributed by atoms with Gasteiger partial charge in [0.1, 0.15) is 5.82 Å². The van der Waals surface area contributed by atoms with Crippen molar-refractivity contribution in [2.75, 3.05) is 50.4 Å². The van der Waals surface area contributed by atoms with Gasteiger partial charge < -0.3 is 20.2 Å². The third-order valence-corrected chi connectivity index (χ3v) is 3.22. The lowest BCUT2D eigenvalue weighted by molar-refractivity contribution is 0.0398. The van der Waals surface area contributed by atoms with Gasteiger partial charge in [-0.2, -0.15) is 0 Å². The molecular weight excluding hydrogens is 244 g/mol. The third kappa shape index (κ3) is 2.77. The Bertz CT molecular complexity index is 548. The van der Waals surface area contributed by atoms with Gasteiger partial charge in [-0.3, -0.25) is 4.90 Å². The summed E-state index contributed by atoms with van der Waals surface area (Å²) in [5, 5.41) is 3.30. The Kier molecular flexibility index (Phi) is 3.47. The van der Waals surface area contributed by atoms with Crippen LogP contribution < -0.4 is 11.1 Å². The molecule has 0 saturated carbocycles. The average Bonchev–Trinajstić information content (AvgIpc) is 2.88. The van der Waals surface area contributed by atoms with Crippen molar-refractivity contribution in [3.8, 4) is 0 Å². The van der Waals surface area contributed by atoms with E-state index in [2.05, 4.69) is 20.2 Å². The second kappa shape index (κ2) is 5.41. The Balaban J connectivity index is 1.63. The smallest absolute Gasteiger partial charge is 0.180 e. The summed E-state index contributed by atoms with van der Waals surface area (Å²) in [6.07, 6.45) is 5.36. The highest BCUT2D eigenvalue weighted by Gasteiger charge is 2.10. The summed E-state index contributed by atoms with van der Waals surface area (Å²) < 4.78 is 7.20. The highest BCUT2D eigenvalue weighted by molar-refractivity contribution is 5.64.